The maximum Gasteiger partial charge on any atom is 0.314 e. The molecule has 1 aliphatic carbocycles. The van der Waals surface area contributed by atoms with Crippen LogP contribution in [0.1, 0.15) is 30.7 Å². The van der Waals surface area contributed by atoms with E-state index >= 15 is 0 Å². The van der Waals surface area contributed by atoms with E-state index < -0.39 is 0 Å². The number of carbonyl (C=O) groups is 1. The zero-order valence-electron chi connectivity index (χ0n) is 11.9. The summed E-state index contributed by atoms with van der Waals surface area (Å²) in [6.45, 7) is 1.42. The van der Waals surface area contributed by atoms with E-state index in [1.807, 2.05) is 30.3 Å². The molecule has 3 atom stereocenters. The molecule has 1 saturated carbocycles. The first-order valence-electron chi connectivity index (χ1n) is 7.22. The molecule has 1 aromatic rings. The van der Waals surface area contributed by atoms with Crippen LogP contribution in [-0.4, -0.2) is 37.4 Å². The molecule has 2 N–H and O–H groups in total. The molecule has 0 saturated heterocycles. The zero-order valence-corrected chi connectivity index (χ0v) is 11.9. The molecule has 1 fully saturated rings. The highest BCUT2D eigenvalue weighted by atomic mass is 16.5. The molecule has 0 bridgehead atoms. The zero-order chi connectivity index (χ0) is 14.4. The van der Waals surface area contributed by atoms with Gasteiger partial charge in [-0.3, -0.25) is 4.79 Å². The Kier molecular flexibility index (Phi) is 5.56. The molecule has 0 radical (unpaired) electrons. The van der Waals surface area contributed by atoms with E-state index in [9.17, 15) is 9.90 Å². The van der Waals surface area contributed by atoms with Crippen LogP contribution in [0, 0.1) is 5.92 Å². The second-order valence-electron chi connectivity index (χ2n) is 5.48. The lowest BCUT2D eigenvalue weighted by Gasteiger charge is -2.17. The first-order chi connectivity index (χ1) is 9.70. The van der Waals surface area contributed by atoms with Crippen LogP contribution < -0.4 is 5.32 Å². The quantitative estimate of drug-likeness (QED) is 0.777. The number of rotatable bonds is 6. The van der Waals surface area contributed by atoms with E-state index in [1.54, 1.807) is 0 Å². The highest BCUT2D eigenvalue weighted by molar-refractivity contribution is 5.78. The molecule has 20 heavy (non-hydrogen) atoms. The van der Waals surface area contributed by atoms with E-state index in [2.05, 4.69) is 5.32 Å². The third-order valence-electron chi connectivity index (χ3n) is 3.98. The fraction of sp³-hybridized carbons (Fsp3) is 0.562. The Morgan fingerprint density at radius 3 is 2.75 bits per heavy atom. The number of hydrogen-bond donors (Lipinski definition) is 2. The lowest BCUT2D eigenvalue weighted by Crippen LogP contribution is -2.31. The molecule has 0 heterocycles. The van der Waals surface area contributed by atoms with Crippen molar-refractivity contribution in [2.75, 3.05) is 20.2 Å². The number of benzene rings is 1. The number of esters is 1. The minimum absolute atomic E-state index is 0.146. The summed E-state index contributed by atoms with van der Waals surface area (Å²) in [5.74, 6) is 0.0294. The van der Waals surface area contributed by atoms with E-state index in [0.717, 1.165) is 31.4 Å². The number of methoxy groups -OCH3 is 1. The third-order valence-corrected chi connectivity index (χ3v) is 3.98. The summed E-state index contributed by atoms with van der Waals surface area (Å²) in [7, 11) is 1.42. The van der Waals surface area contributed by atoms with E-state index in [-0.39, 0.29) is 18.0 Å². The summed E-state index contributed by atoms with van der Waals surface area (Å²) in [6, 6.07) is 9.69. The highest BCUT2D eigenvalue weighted by Crippen LogP contribution is 2.25. The van der Waals surface area contributed by atoms with Crippen molar-refractivity contribution in [2.45, 2.75) is 31.3 Å². The summed E-state index contributed by atoms with van der Waals surface area (Å²) in [5, 5.41) is 12.9. The lowest BCUT2D eigenvalue weighted by atomic mass is 9.99. The van der Waals surface area contributed by atoms with Crippen molar-refractivity contribution in [2.24, 2.45) is 5.92 Å². The van der Waals surface area contributed by atoms with Crippen LogP contribution in [0.5, 0.6) is 0 Å². The largest absolute Gasteiger partial charge is 0.469 e. The van der Waals surface area contributed by atoms with Gasteiger partial charge in [0.2, 0.25) is 0 Å². The molecule has 0 aromatic heterocycles. The van der Waals surface area contributed by atoms with Crippen LogP contribution in [-0.2, 0) is 9.53 Å². The second kappa shape index (κ2) is 7.41. The fourth-order valence-electron chi connectivity index (χ4n) is 2.83. The standard InChI is InChI=1S/C16H23NO3/c1-20-16(19)15(13-5-3-2-4-6-13)11-17-10-12-7-8-14(18)9-12/h2-6,12,14-15,17-18H,7-11H2,1H3. The number of carbonyl (C=O) groups excluding carboxylic acids is 1. The van der Waals surface area contributed by atoms with Gasteiger partial charge < -0.3 is 15.2 Å². The van der Waals surface area contributed by atoms with Gasteiger partial charge in [-0.15, -0.1) is 0 Å². The minimum Gasteiger partial charge on any atom is -0.469 e. The Morgan fingerprint density at radius 1 is 1.40 bits per heavy atom. The topological polar surface area (TPSA) is 58.6 Å². The van der Waals surface area contributed by atoms with Gasteiger partial charge in [-0.05, 0) is 37.3 Å². The molecule has 110 valence electrons. The molecule has 4 heteroatoms. The monoisotopic (exact) mass is 277 g/mol. The number of ether oxygens (including phenoxy) is 1. The summed E-state index contributed by atoms with van der Waals surface area (Å²) >= 11 is 0. The smallest absolute Gasteiger partial charge is 0.314 e. The Morgan fingerprint density at radius 2 is 2.15 bits per heavy atom. The Hall–Kier alpha value is -1.39. The highest BCUT2D eigenvalue weighted by Gasteiger charge is 2.24. The first-order valence-corrected chi connectivity index (χ1v) is 7.22. The van der Waals surface area contributed by atoms with Gasteiger partial charge in [-0.25, -0.2) is 0 Å². The molecule has 0 spiro atoms. The number of hydrogen-bond acceptors (Lipinski definition) is 4. The maximum atomic E-state index is 11.9. The Balaban J connectivity index is 1.87. The van der Waals surface area contributed by atoms with Gasteiger partial charge in [-0.1, -0.05) is 30.3 Å². The Bertz CT molecular complexity index is 421. The molecule has 3 unspecified atom stereocenters. The molecular formula is C16H23NO3. The van der Waals surface area contributed by atoms with Gasteiger partial charge in [0.05, 0.1) is 19.1 Å². The third kappa shape index (κ3) is 4.05. The van der Waals surface area contributed by atoms with E-state index in [1.165, 1.54) is 7.11 Å². The van der Waals surface area contributed by atoms with Crippen LogP contribution in [0.2, 0.25) is 0 Å². The van der Waals surface area contributed by atoms with Crippen molar-refractivity contribution in [3.05, 3.63) is 35.9 Å². The number of nitrogens with one attached hydrogen (secondary N) is 1. The summed E-state index contributed by atoms with van der Waals surface area (Å²) in [6.07, 6.45) is 2.67. The molecule has 1 aliphatic rings. The predicted molar refractivity (Wildman–Crippen MR) is 77.4 cm³/mol. The summed E-state index contributed by atoms with van der Waals surface area (Å²) in [4.78, 5) is 11.9. The SMILES string of the molecule is COC(=O)C(CNCC1CCC(O)C1)c1ccccc1. The van der Waals surface area contributed by atoms with Crippen LogP contribution >= 0.6 is 0 Å². The van der Waals surface area contributed by atoms with Gasteiger partial charge in [-0.2, -0.15) is 0 Å². The van der Waals surface area contributed by atoms with Gasteiger partial charge in [0.15, 0.2) is 0 Å². The molecule has 0 aliphatic heterocycles. The van der Waals surface area contributed by atoms with Crippen LogP contribution in [0.3, 0.4) is 0 Å². The molecule has 1 aromatic carbocycles. The Labute approximate surface area is 120 Å². The average molecular weight is 277 g/mol. The first kappa shape index (κ1) is 15.0. The van der Waals surface area contributed by atoms with Gasteiger partial charge in [0.1, 0.15) is 0 Å². The predicted octanol–water partition coefficient (Wildman–Crippen LogP) is 1.69. The van der Waals surface area contributed by atoms with Crippen molar-refractivity contribution in [1.29, 1.82) is 0 Å². The number of aliphatic hydroxyl groups is 1. The van der Waals surface area contributed by atoms with Crippen molar-refractivity contribution in [3.8, 4) is 0 Å². The number of aliphatic hydroxyl groups excluding tert-OH is 1. The van der Waals surface area contributed by atoms with Gasteiger partial charge >= 0.3 is 5.97 Å². The maximum absolute atomic E-state index is 11.9. The van der Waals surface area contributed by atoms with Crippen molar-refractivity contribution >= 4 is 5.97 Å². The second-order valence-corrected chi connectivity index (χ2v) is 5.48. The average Bonchev–Trinajstić information content (AvgIpc) is 2.89. The van der Waals surface area contributed by atoms with E-state index in [4.69, 9.17) is 4.74 Å². The molecular weight excluding hydrogens is 254 g/mol. The molecule has 4 nitrogen and oxygen atoms in total. The van der Waals surface area contributed by atoms with Crippen molar-refractivity contribution < 1.29 is 14.6 Å². The van der Waals surface area contributed by atoms with Crippen molar-refractivity contribution in [1.82, 2.24) is 5.32 Å². The minimum atomic E-state index is -0.271. The summed E-state index contributed by atoms with van der Waals surface area (Å²) < 4.78 is 4.89. The molecule has 0 amide bonds. The van der Waals surface area contributed by atoms with Gasteiger partial charge in [0.25, 0.3) is 0 Å². The van der Waals surface area contributed by atoms with Crippen LogP contribution in [0.15, 0.2) is 30.3 Å². The summed E-state index contributed by atoms with van der Waals surface area (Å²) in [5.41, 5.74) is 0.971. The normalized spacial score (nSPS) is 23.5. The van der Waals surface area contributed by atoms with Gasteiger partial charge in [0, 0.05) is 6.54 Å². The molecule has 2 rings (SSSR count). The fourth-order valence-corrected chi connectivity index (χ4v) is 2.83. The van der Waals surface area contributed by atoms with Crippen LogP contribution in [0.4, 0.5) is 0 Å². The van der Waals surface area contributed by atoms with E-state index in [0.29, 0.717) is 12.5 Å². The van der Waals surface area contributed by atoms with Crippen molar-refractivity contribution in [3.63, 3.8) is 0 Å². The lowest BCUT2D eigenvalue weighted by molar-refractivity contribution is -0.142. The van der Waals surface area contributed by atoms with Crippen LogP contribution in [0.25, 0.3) is 0 Å².